The molecular formula is C46H56F6N2S3. The molecule has 0 aliphatic heterocycles. The third-order valence-corrected chi connectivity index (χ3v) is 15.9. The number of hydrogen-bond donors (Lipinski definition) is 0. The zero-order chi connectivity index (χ0) is 40.2. The Morgan fingerprint density at radius 2 is 0.719 bits per heavy atom. The quantitative estimate of drug-likeness (QED) is 0.0475. The van der Waals surface area contributed by atoms with Crippen molar-refractivity contribution < 1.29 is 26.3 Å². The lowest BCUT2D eigenvalue weighted by Crippen LogP contribution is -2.05. The van der Waals surface area contributed by atoms with Crippen LogP contribution < -0.4 is 0 Å². The van der Waals surface area contributed by atoms with Gasteiger partial charge >= 0.3 is 12.4 Å². The largest absolute Gasteiger partial charge is 0.416 e. The number of unbranched alkanes of at least 4 members (excludes halogenated alkanes) is 18. The summed E-state index contributed by atoms with van der Waals surface area (Å²) in [6, 6.07) is 8.33. The predicted octanol–water partition coefficient (Wildman–Crippen LogP) is 18.3. The number of thiophene rings is 3. The van der Waals surface area contributed by atoms with Gasteiger partial charge in [0.2, 0.25) is 0 Å². The first-order valence-corrected chi connectivity index (χ1v) is 24.0. The molecule has 0 bridgehead atoms. The fourth-order valence-electron chi connectivity index (χ4n) is 8.73. The van der Waals surface area contributed by atoms with Crippen molar-refractivity contribution in [1.82, 2.24) is 9.13 Å². The van der Waals surface area contributed by atoms with E-state index >= 15 is 0 Å². The molecule has 310 valence electrons. The maximum absolute atomic E-state index is 14.0. The maximum atomic E-state index is 14.0. The molecule has 0 amide bonds. The van der Waals surface area contributed by atoms with Crippen molar-refractivity contribution >= 4 is 95.0 Å². The monoisotopic (exact) mass is 846 g/mol. The van der Waals surface area contributed by atoms with Crippen LogP contribution >= 0.6 is 34.0 Å². The molecule has 0 fully saturated rings. The number of fused-ring (bicyclic) bond motifs is 11. The SMILES string of the molecule is CCCCCCCCCCCCn1c2cc(C(F)(F)F)ccc2c2sc3c4sc5c6ccc(C(F)(F)F)cc6n(CCCCCCCCCCCC)c5c4sc3c21. The minimum Gasteiger partial charge on any atom is -0.339 e. The molecule has 0 aliphatic rings. The Morgan fingerprint density at radius 1 is 0.404 bits per heavy atom. The van der Waals surface area contributed by atoms with E-state index in [-0.39, 0.29) is 0 Å². The van der Waals surface area contributed by atoms with Gasteiger partial charge in [0.25, 0.3) is 0 Å². The summed E-state index contributed by atoms with van der Waals surface area (Å²) in [5, 5.41) is 1.70. The van der Waals surface area contributed by atoms with E-state index in [9.17, 15) is 26.3 Å². The molecule has 0 atom stereocenters. The number of nitrogens with zero attached hydrogens (tertiary/aromatic N) is 2. The zero-order valence-electron chi connectivity index (χ0n) is 33.4. The van der Waals surface area contributed by atoms with E-state index in [1.54, 1.807) is 46.1 Å². The van der Waals surface area contributed by atoms with Crippen LogP contribution in [0.5, 0.6) is 0 Å². The Labute approximate surface area is 344 Å². The van der Waals surface area contributed by atoms with Gasteiger partial charge in [0, 0.05) is 23.9 Å². The normalized spacial score (nSPS) is 13.1. The number of hydrogen-bond acceptors (Lipinski definition) is 3. The van der Waals surface area contributed by atoms with E-state index in [4.69, 9.17) is 0 Å². The van der Waals surface area contributed by atoms with Crippen LogP contribution in [0.2, 0.25) is 0 Å². The van der Waals surface area contributed by atoms with Gasteiger partial charge in [-0.15, -0.1) is 34.0 Å². The molecule has 0 aliphatic carbocycles. The smallest absolute Gasteiger partial charge is 0.339 e. The summed E-state index contributed by atoms with van der Waals surface area (Å²) < 4.78 is 94.8. The van der Waals surface area contributed by atoms with Gasteiger partial charge in [-0.05, 0) is 37.1 Å². The van der Waals surface area contributed by atoms with Gasteiger partial charge in [-0.3, -0.25) is 0 Å². The van der Waals surface area contributed by atoms with Crippen molar-refractivity contribution in [2.75, 3.05) is 0 Å². The minimum atomic E-state index is -4.44. The molecule has 2 nitrogen and oxygen atoms in total. The van der Waals surface area contributed by atoms with E-state index in [2.05, 4.69) is 23.0 Å². The van der Waals surface area contributed by atoms with Crippen molar-refractivity contribution in [3.63, 3.8) is 0 Å². The van der Waals surface area contributed by atoms with Crippen LogP contribution in [-0.4, -0.2) is 9.13 Å². The number of alkyl halides is 6. The molecule has 7 aromatic rings. The highest BCUT2D eigenvalue weighted by atomic mass is 32.1. The summed E-state index contributed by atoms with van der Waals surface area (Å²) in [6.45, 7) is 5.74. The minimum absolute atomic E-state index is 0.626. The molecule has 5 aromatic heterocycles. The first-order valence-electron chi connectivity index (χ1n) is 21.5. The highest BCUT2D eigenvalue weighted by Gasteiger charge is 2.33. The molecule has 7 rings (SSSR count). The van der Waals surface area contributed by atoms with Gasteiger partial charge in [-0.25, -0.2) is 0 Å². The van der Waals surface area contributed by atoms with Crippen LogP contribution in [0.3, 0.4) is 0 Å². The van der Waals surface area contributed by atoms with E-state index in [1.165, 1.54) is 114 Å². The van der Waals surface area contributed by atoms with Gasteiger partial charge in [-0.1, -0.05) is 142 Å². The number of aromatic nitrogens is 2. The third-order valence-electron chi connectivity index (χ3n) is 11.8. The lowest BCUT2D eigenvalue weighted by Gasteiger charge is -2.10. The molecule has 57 heavy (non-hydrogen) atoms. The van der Waals surface area contributed by atoms with E-state index in [1.807, 2.05) is 0 Å². The summed E-state index contributed by atoms with van der Waals surface area (Å²) >= 11 is 4.97. The molecule has 0 N–H and O–H groups in total. The molecule has 2 aromatic carbocycles. The predicted molar refractivity (Wildman–Crippen MR) is 235 cm³/mol. The molecule has 0 saturated heterocycles. The molecular weight excluding hydrogens is 791 g/mol. The molecule has 11 heteroatoms. The van der Waals surface area contributed by atoms with E-state index in [0.29, 0.717) is 24.1 Å². The van der Waals surface area contributed by atoms with Crippen LogP contribution in [0.25, 0.3) is 61.0 Å². The zero-order valence-corrected chi connectivity index (χ0v) is 35.9. The molecule has 0 radical (unpaired) electrons. The van der Waals surface area contributed by atoms with Crippen molar-refractivity contribution in [2.45, 2.75) is 168 Å². The fourth-order valence-corrected chi connectivity index (χ4v) is 13.3. The second-order valence-corrected chi connectivity index (χ2v) is 19.2. The van der Waals surface area contributed by atoms with Gasteiger partial charge in [-0.2, -0.15) is 26.3 Å². The average molecular weight is 847 g/mol. The molecule has 5 heterocycles. The lowest BCUT2D eigenvalue weighted by atomic mass is 10.1. The summed E-state index contributed by atoms with van der Waals surface area (Å²) in [4.78, 5) is 0. The van der Waals surface area contributed by atoms with E-state index in [0.717, 1.165) is 88.5 Å². The van der Waals surface area contributed by atoms with Gasteiger partial charge in [0.15, 0.2) is 0 Å². The average Bonchev–Trinajstić information content (AvgIpc) is 3.95. The van der Waals surface area contributed by atoms with Crippen LogP contribution in [0.1, 0.15) is 153 Å². The van der Waals surface area contributed by atoms with Crippen LogP contribution in [0, 0.1) is 0 Å². The Hall–Kier alpha value is -2.76. The van der Waals surface area contributed by atoms with Crippen LogP contribution in [0.15, 0.2) is 36.4 Å². The topological polar surface area (TPSA) is 9.86 Å². The highest BCUT2D eigenvalue weighted by Crippen LogP contribution is 2.54. The Balaban J connectivity index is 1.22. The maximum Gasteiger partial charge on any atom is 0.416 e. The number of aryl methyl sites for hydroxylation is 2. The molecule has 0 saturated carbocycles. The fraction of sp³-hybridized carbons (Fsp3) is 0.565. The van der Waals surface area contributed by atoms with E-state index < -0.39 is 23.5 Å². The van der Waals surface area contributed by atoms with Gasteiger partial charge < -0.3 is 9.13 Å². The van der Waals surface area contributed by atoms with Gasteiger partial charge in [0.1, 0.15) is 0 Å². The lowest BCUT2D eigenvalue weighted by molar-refractivity contribution is -0.138. The van der Waals surface area contributed by atoms with Crippen LogP contribution in [-0.2, 0) is 25.4 Å². The first kappa shape index (κ1) is 42.4. The second kappa shape index (κ2) is 18.7. The Morgan fingerprint density at radius 3 is 1.05 bits per heavy atom. The molecule has 0 spiro atoms. The first-order chi connectivity index (χ1) is 27.5. The summed E-state index contributed by atoms with van der Waals surface area (Å²) in [5.41, 5.74) is 1.98. The van der Waals surface area contributed by atoms with Crippen molar-refractivity contribution in [3.8, 4) is 0 Å². The second-order valence-electron chi connectivity index (χ2n) is 16.1. The van der Waals surface area contributed by atoms with Gasteiger partial charge in [0.05, 0.1) is 61.4 Å². The van der Waals surface area contributed by atoms with Crippen molar-refractivity contribution in [2.24, 2.45) is 0 Å². The number of halogens is 6. The summed E-state index contributed by atoms with van der Waals surface area (Å²) in [7, 11) is 0. The summed E-state index contributed by atoms with van der Waals surface area (Å²) in [6.07, 6.45) is 14.8. The number of benzene rings is 2. The Bertz CT molecular complexity index is 2230. The highest BCUT2D eigenvalue weighted by molar-refractivity contribution is 7.43. The molecule has 0 unspecified atom stereocenters. The van der Waals surface area contributed by atoms with Crippen LogP contribution in [0.4, 0.5) is 26.3 Å². The Kier molecular flexibility index (Phi) is 13.9. The van der Waals surface area contributed by atoms with Crippen molar-refractivity contribution in [3.05, 3.63) is 47.5 Å². The third kappa shape index (κ3) is 9.20. The van der Waals surface area contributed by atoms with Crippen molar-refractivity contribution in [1.29, 1.82) is 0 Å². The number of rotatable bonds is 22. The summed E-state index contributed by atoms with van der Waals surface area (Å²) in [5.74, 6) is 0. The standard InChI is InChI=1S/C46H56F6N2S3/c1-3-5-7-9-11-13-15-17-19-21-27-53-35-29-31(45(47,48)49)23-25-33(35)39-37(53)41-43(55-39)44-42(57-41)38-40(56-44)34-26-24-32(46(50,51)52)30-36(34)54(38)28-22-20-18-16-14-12-10-8-6-4-2/h23-26,29-30H,3-22,27-28H2,1-2H3.